The predicted octanol–water partition coefficient (Wildman–Crippen LogP) is -0.585. The summed E-state index contributed by atoms with van der Waals surface area (Å²) in [4.78, 5) is 23.0. The Labute approximate surface area is 86.9 Å². The molecule has 0 spiro atoms. The average molecular weight is 210 g/mol. The highest BCUT2D eigenvalue weighted by molar-refractivity contribution is 5.09. The van der Waals surface area contributed by atoms with Gasteiger partial charge in [-0.25, -0.2) is 4.79 Å². The Hall–Kier alpha value is -1.36. The number of epoxide rings is 1. The molecule has 5 heteroatoms. The quantitative estimate of drug-likeness (QED) is 0.613. The molecule has 5 nitrogen and oxygen atoms in total. The van der Waals surface area contributed by atoms with Gasteiger partial charge in [-0.2, -0.15) is 0 Å². The molecule has 1 fully saturated rings. The topological polar surface area (TPSA) is 56.5 Å². The van der Waals surface area contributed by atoms with Crippen LogP contribution in [0.3, 0.4) is 0 Å². The molecule has 2 rings (SSSR count). The highest BCUT2D eigenvalue weighted by atomic mass is 16.6. The molecule has 0 bridgehead atoms. The van der Waals surface area contributed by atoms with Gasteiger partial charge in [0.15, 0.2) is 0 Å². The zero-order chi connectivity index (χ0) is 11.2. The minimum Gasteiger partial charge on any atom is -0.369 e. The van der Waals surface area contributed by atoms with E-state index in [0.29, 0.717) is 13.0 Å². The summed E-state index contributed by atoms with van der Waals surface area (Å²) in [6.07, 6.45) is 0.606. The molecule has 0 amide bonds. The fraction of sp³-hybridized carbons (Fsp3) is 0.600. The molecule has 2 heterocycles. The van der Waals surface area contributed by atoms with E-state index >= 15 is 0 Å². The normalized spacial score (nSPS) is 24.2. The lowest BCUT2D eigenvalue weighted by molar-refractivity contribution is 0.317. The summed E-state index contributed by atoms with van der Waals surface area (Å²) in [5.41, 5.74) is -0.0153. The van der Waals surface area contributed by atoms with Crippen LogP contribution in [0.15, 0.2) is 15.7 Å². The molecule has 1 atom stereocenters. The van der Waals surface area contributed by atoms with Crippen molar-refractivity contribution in [2.75, 3.05) is 6.61 Å². The third-order valence-corrected chi connectivity index (χ3v) is 2.82. The van der Waals surface area contributed by atoms with Crippen LogP contribution in [0, 0.1) is 0 Å². The molecule has 15 heavy (non-hydrogen) atoms. The molecule has 82 valence electrons. The van der Waals surface area contributed by atoms with Gasteiger partial charge in [0.05, 0.1) is 12.2 Å². The van der Waals surface area contributed by atoms with Gasteiger partial charge in [0.2, 0.25) is 0 Å². The van der Waals surface area contributed by atoms with E-state index in [-0.39, 0.29) is 16.9 Å². The van der Waals surface area contributed by atoms with Crippen LogP contribution in [0.2, 0.25) is 0 Å². The van der Waals surface area contributed by atoms with Gasteiger partial charge in [-0.1, -0.05) is 0 Å². The van der Waals surface area contributed by atoms with Gasteiger partial charge in [-0.05, 0) is 6.92 Å². The summed E-state index contributed by atoms with van der Waals surface area (Å²) in [6.45, 7) is 2.66. The monoisotopic (exact) mass is 210 g/mol. The maximum Gasteiger partial charge on any atom is 0.330 e. The number of hydrogen-bond donors (Lipinski definition) is 0. The Kier molecular flexibility index (Phi) is 2.08. The van der Waals surface area contributed by atoms with E-state index in [9.17, 15) is 9.59 Å². The molecule has 0 aliphatic carbocycles. The predicted molar refractivity (Wildman–Crippen MR) is 55.0 cm³/mol. The maximum atomic E-state index is 11.6. The Morgan fingerprint density at radius 3 is 2.53 bits per heavy atom. The second-order valence-electron chi connectivity index (χ2n) is 4.29. The molecular weight excluding hydrogens is 196 g/mol. The van der Waals surface area contributed by atoms with E-state index < -0.39 is 0 Å². The standard InChI is InChI=1S/C10H14N2O3/c1-10(6-15-10)5-7-4-8(13)12(3)9(14)11(7)2/h4H,5-6H2,1-3H3/t10-/m0/s1. The van der Waals surface area contributed by atoms with Crippen LogP contribution in [0.5, 0.6) is 0 Å². The first-order chi connectivity index (χ1) is 6.93. The summed E-state index contributed by atoms with van der Waals surface area (Å²) in [5.74, 6) is 0. The lowest BCUT2D eigenvalue weighted by atomic mass is 10.1. The van der Waals surface area contributed by atoms with Crippen molar-refractivity contribution in [1.82, 2.24) is 9.13 Å². The van der Waals surface area contributed by atoms with E-state index in [2.05, 4.69) is 0 Å². The van der Waals surface area contributed by atoms with E-state index in [1.165, 1.54) is 17.7 Å². The van der Waals surface area contributed by atoms with Crippen LogP contribution in [0.1, 0.15) is 12.6 Å². The number of aromatic nitrogens is 2. The fourth-order valence-corrected chi connectivity index (χ4v) is 1.56. The summed E-state index contributed by atoms with van der Waals surface area (Å²) >= 11 is 0. The SMILES string of the molecule is Cn1c(C[C@@]2(C)CO2)cc(=O)n(C)c1=O. The molecule has 0 radical (unpaired) electrons. The minimum absolute atomic E-state index is 0.184. The third kappa shape index (κ3) is 1.74. The highest BCUT2D eigenvalue weighted by Gasteiger charge is 2.39. The summed E-state index contributed by atoms with van der Waals surface area (Å²) < 4.78 is 7.83. The number of hydrogen-bond acceptors (Lipinski definition) is 3. The first kappa shape index (κ1) is 10.2. The summed E-state index contributed by atoms with van der Waals surface area (Å²) in [5, 5.41) is 0. The number of rotatable bonds is 2. The first-order valence-corrected chi connectivity index (χ1v) is 4.83. The Balaban J connectivity index is 2.48. The van der Waals surface area contributed by atoms with Gasteiger partial charge in [-0.3, -0.25) is 9.36 Å². The second kappa shape index (κ2) is 3.06. The minimum atomic E-state index is -0.290. The van der Waals surface area contributed by atoms with Crippen LogP contribution in [0.25, 0.3) is 0 Å². The largest absolute Gasteiger partial charge is 0.369 e. The van der Waals surface area contributed by atoms with Gasteiger partial charge >= 0.3 is 5.69 Å². The summed E-state index contributed by atoms with van der Waals surface area (Å²) in [7, 11) is 3.15. The lowest BCUT2D eigenvalue weighted by Gasteiger charge is -2.10. The van der Waals surface area contributed by atoms with Crippen LogP contribution in [-0.4, -0.2) is 21.3 Å². The van der Waals surface area contributed by atoms with Crippen molar-refractivity contribution in [2.45, 2.75) is 18.9 Å². The molecular formula is C10H14N2O3. The smallest absolute Gasteiger partial charge is 0.330 e. The zero-order valence-corrected chi connectivity index (χ0v) is 9.11. The molecule has 0 aromatic carbocycles. The van der Waals surface area contributed by atoms with Crippen LogP contribution in [-0.2, 0) is 25.3 Å². The van der Waals surface area contributed by atoms with E-state index in [0.717, 1.165) is 10.3 Å². The van der Waals surface area contributed by atoms with Crippen molar-refractivity contribution in [3.05, 3.63) is 32.6 Å². The Morgan fingerprint density at radius 1 is 1.40 bits per heavy atom. The van der Waals surface area contributed by atoms with Crippen molar-refractivity contribution >= 4 is 0 Å². The zero-order valence-electron chi connectivity index (χ0n) is 9.11. The van der Waals surface area contributed by atoms with Crippen LogP contribution >= 0.6 is 0 Å². The molecule has 0 N–H and O–H groups in total. The van der Waals surface area contributed by atoms with Crippen LogP contribution < -0.4 is 11.2 Å². The van der Waals surface area contributed by atoms with E-state index in [1.807, 2.05) is 6.92 Å². The Bertz CT molecular complexity index is 508. The van der Waals surface area contributed by atoms with Gasteiger partial charge in [0.25, 0.3) is 5.56 Å². The van der Waals surface area contributed by atoms with Crippen molar-refractivity contribution in [3.8, 4) is 0 Å². The second-order valence-corrected chi connectivity index (χ2v) is 4.29. The number of nitrogens with zero attached hydrogens (tertiary/aromatic N) is 2. The Morgan fingerprint density at radius 2 is 2.00 bits per heavy atom. The van der Waals surface area contributed by atoms with Crippen molar-refractivity contribution in [3.63, 3.8) is 0 Å². The average Bonchev–Trinajstić information content (AvgIpc) is 2.89. The molecule has 0 unspecified atom stereocenters. The third-order valence-electron chi connectivity index (χ3n) is 2.82. The molecule has 1 aliphatic rings. The molecule has 1 aromatic heterocycles. The molecule has 0 saturated carbocycles. The van der Waals surface area contributed by atoms with Gasteiger partial charge in [0, 0.05) is 32.3 Å². The maximum absolute atomic E-state index is 11.6. The van der Waals surface area contributed by atoms with Gasteiger partial charge in [0.1, 0.15) is 0 Å². The van der Waals surface area contributed by atoms with E-state index in [1.54, 1.807) is 7.05 Å². The summed E-state index contributed by atoms with van der Waals surface area (Å²) in [6, 6.07) is 1.49. The highest BCUT2D eigenvalue weighted by Crippen LogP contribution is 2.29. The first-order valence-electron chi connectivity index (χ1n) is 4.83. The van der Waals surface area contributed by atoms with Gasteiger partial charge in [-0.15, -0.1) is 0 Å². The molecule has 1 aromatic rings. The van der Waals surface area contributed by atoms with Crippen molar-refractivity contribution in [2.24, 2.45) is 14.1 Å². The number of ether oxygens (including phenoxy) is 1. The molecule has 1 saturated heterocycles. The van der Waals surface area contributed by atoms with Crippen LogP contribution in [0.4, 0.5) is 0 Å². The van der Waals surface area contributed by atoms with E-state index in [4.69, 9.17) is 4.74 Å². The van der Waals surface area contributed by atoms with Gasteiger partial charge < -0.3 is 9.30 Å². The van der Waals surface area contributed by atoms with Crippen molar-refractivity contribution in [1.29, 1.82) is 0 Å². The molecule has 1 aliphatic heterocycles. The van der Waals surface area contributed by atoms with Crippen molar-refractivity contribution < 1.29 is 4.74 Å². The fourth-order valence-electron chi connectivity index (χ4n) is 1.56. The lowest BCUT2D eigenvalue weighted by Crippen LogP contribution is -2.38.